The third-order valence-electron chi connectivity index (χ3n) is 3.68. The molecule has 0 radical (unpaired) electrons. The Bertz CT molecular complexity index is 542. The van der Waals surface area contributed by atoms with Crippen LogP contribution in [0.1, 0.15) is 23.0 Å². The molecule has 0 spiro atoms. The Morgan fingerprint density at radius 2 is 2.12 bits per heavy atom. The molecule has 88 valence electrons. The largest absolute Gasteiger partial charge is 0.383 e. The van der Waals surface area contributed by atoms with Crippen LogP contribution in [0.15, 0.2) is 30.6 Å². The summed E-state index contributed by atoms with van der Waals surface area (Å²) in [5, 5.41) is 3.50. The summed E-state index contributed by atoms with van der Waals surface area (Å²) in [6, 6.07) is 9.02. The fourth-order valence-electron chi connectivity index (χ4n) is 2.51. The van der Waals surface area contributed by atoms with Gasteiger partial charge in [0.1, 0.15) is 0 Å². The number of hydrogen-bond donors (Lipinski definition) is 1. The van der Waals surface area contributed by atoms with Crippen molar-refractivity contribution in [3.05, 3.63) is 47.5 Å². The molecular weight excluding hydrogens is 210 g/mol. The maximum atomic E-state index is 4.38. The van der Waals surface area contributed by atoms with Gasteiger partial charge in [0.2, 0.25) is 0 Å². The van der Waals surface area contributed by atoms with E-state index < -0.39 is 0 Å². The maximum absolute atomic E-state index is 4.38. The van der Waals surface area contributed by atoms with Gasteiger partial charge in [-0.3, -0.25) is 0 Å². The topological polar surface area (TPSA) is 29.9 Å². The lowest BCUT2D eigenvalue weighted by Gasteiger charge is -2.28. The van der Waals surface area contributed by atoms with Crippen LogP contribution in [0.4, 0.5) is 5.69 Å². The summed E-state index contributed by atoms with van der Waals surface area (Å²) in [5.41, 5.74) is 5.08. The van der Waals surface area contributed by atoms with E-state index in [1.165, 1.54) is 16.9 Å². The summed E-state index contributed by atoms with van der Waals surface area (Å²) in [4.78, 5) is 4.38. The Balaban J connectivity index is 1.92. The highest BCUT2D eigenvalue weighted by Crippen LogP contribution is 2.27. The Morgan fingerprint density at radius 1 is 1.29 bits per heavy atom. The Labute approximate surface area is 101 Å². The van der Waals surface area contributed by atoms with Gasteiger partial charge >= 0.3 is 0 Å². The lowest BCUT2D eigenvalue weighted by molar-refractivity contribution is 0.500. The lowest BCUT2D eigenvalue weighted by Crippen LogP contribution is -2.26. The molecule has 0 saturated carbocycles. The third-order valence-corrected chi connectivity index (χ3v) is 3.68. The van der Waals surface area contributed by atoms with Crippen LogP contribution in [0.3, 0.4) is 0 Å². The first kappa shape index (κ1) is 10.4. The monoisotopic (exact) mass is 227 g/mol. The predicted molar refractivity (Wildman–Crippen MR) is 69.4 cm³/mol. The molecule has 2 heterocycles. The van der Waals surface area contributed by atoms with Crippen LogP contribution in [0.25, 0.3) is 0 Å². The number of aromatic nitrogens is 2. The second-order valence-electron chi connectivity index (χ2n) is 4.72. The van der Waals surface area contributed by atoms with Gasteiger partial charge in [-0.1, -0.05) is 18.2 Å². The second kappa shape index (κ2) is 3.91. The van der Waals surface area contributed by atoms with E-state index in [2.05, 4.69) is 53.0 Å². The van der Waals surface area contributed by atoms with Crippen molar-refractivity contribution >= 4 is 5.69 Å². The number of hydrogen-bond acceptors (Lipinski definition) is 2. The molecule has 0 saturated heterocycles. The van der Waals surface area contributed by atoms with E-state index in [9.17, 15) is 0 Å². The number of rotatable bonds is 1. The summed E-state index contributed by atoms with van der Waals surface area (Å²) in [6.07, 6.45) is 3.05. The van der Waals surface area contributed by atoms with Crippen LogP contribution < -0.4 is 5.32 Å². The van der Waals surface area contributed by atoms with Crippen molar-refractivity contribution in [3.8, 4) is 0 Å². The highest BCUT2D eigenvalue weighted by Gasteiger charge is 2.20. The number of aryl methyl sites for hydroxylation is 1. The molecule has 0 bridgehead atoms. The van der Waals surface area contributed by atoms with Crippen LogP contribution in [0.5, 0.6) is 0 Å². The molecular formula is C14H17N3. The third kappa shape index (κ3) is 1.71. The predicted octanol–water partition coefficient (Wildman–Crippen LogP) is 2.71. The van der Waals surface area contributed by atoms with E-state index in [-0.39, 0.29) is 0 Å². The van der Waals surface area contributed by atoms with Gasteiger partial charge in [-0.2, -0.15) is 0 Å². The SMILES string of the molecule is Cc1ncn(C2CNc3ccccc3C2)c1C. The highest BCUT2D eigenvalue weighted by molar-refractivity contribution is 5.53. The van der Waals surface area contributed by atoms with Crippen molar-refractivity contribution < 1.29 is 0 Å². The minimum Gasteiger partial charge on any atom is -0.383 e. The molecule has 1 atom stereocenters. The van der Waals surface area contributed by atoms with E-state index in [1.54, 1.807) is 0 Å². The van der Waals surface area contributed by atoms with Crippen molar-refractivity contribution in [2.24, 2.45) is 0 Å². The smallest absolute Gasteiger partial charge is 0.0954 e. The van der Waals surface area contributed by atoms with Crippen LogP contribution in [-0.2, 0) is 6.42 Å². The van der Waals surface area contributed by atoms with Gasteiger partial charge in [0, 0.05) is 17.9 Å². The molecule has 0 fully saturated rings. The van der Waals surface area contributed by atoms with E-state index >= 15 is 0 Å². The van der Waals surface area contributed by atoms with E-state index in [1.807, 2.05) is 6.33 Å². The molecule has 0 aliphatic carbocycles. The Hall–Kier alpha value is -1.77. The minimum absolute atomic E-state index is 0.478. The van der Waals surface area contributed by atoms with Crippen molar-refractivity contribution in [1.29, 1.82) is 0 Å². The van der Waals surface area contributed by atoms with Gasteiger partial charge in [-0.25, -0.2) is 4.98 Å². The number of benzene rings is 1. The maximum Gasteiger partial charge on any atom is 0.0954 e. The molecule has 2 aromatic rings. The number of imidazole rings is 1. The standard InChI is InChI=1S/C14H17N3/c1-10-11(2)17(9-16-10)13-7-12-5-3-4-6-14(12)15-8-13/h3-6,9,13,15H,7-8H2,1-2H3. The molecule has 1 N–H and O–H groups in total. The summed E-state index contributed by atoms with van der Waals surface area (Å²) in [6.45, 7) is 5.19. The van der Waals surface area contributed by atoms with Gasteiger partial charge in [0.05, 0.1) is 18.1 Å². The fourth-order valence-corrected chi connectivity index (χ4v) is 2.51. The molecule has 3 nitrogen and oxygen atoms in total. The van der Waals surface area contributed by atoms with Gasteiger partial charge < -0.3 is 9.88 Å². The van der Waals surface area contributed by atoms with Crippen LogP contribution >= 0.6 is 0 Å². The number of para-hydroxylation sites is 1. The summed E-state index contributed by atoms with van der Waals surface area (Å²) >= 11 is 0. The molecule has 1 aliphatic rings. The Morgan fingerprint density at radius 3 is 2.88 bits per heavy atom. The molecule has 1 aromatic carbocycles. The van der Waals surface area contributed by atoms with Crippen molar-refractivity contribution in [2.45, 2.75) is 26.3 Å². The number of nitrogens with one attached hydrogen (secondary N) is 1. The quantitative estimate of drug-likeness (QED) is 0.811. The molecule has 1 unspecified atom stereocenters. The number of anilines is 1. The van der Waals surface area contributed by atoms with Crippen LogP contribution in [0.2, 0.25) is 0 Å². The molecule has 3 rings (SSSR count). The van der Waals surface area contributed by atoms with Crippen molar-refractivity contribution in [1.82, 2.24) is 9.55 Å². The molecule has 0 amide bonds. The first-order valence-electron chi connectivity index (χ1n) is 6.07. The molecule has 1 aliphatic heterocycles. The van der Waals surface area contributed by atoms with Gasteiger partial charge in [-0.05, 0) is 31.9 Å². The molecule has 3 heteroatoms. The average molecular weight is 227 g/mol. The van der Waals surface area contributed by atoms with Crippen LogP contribution in [-0.4, -0.2) is 16.1 Å². The highest BCUT2D eigenvalue weighted by atomic mass is 15.1. The fraction of sp³-hybridized carbons (Fsp3) is 0.357. The zero-order valence-corrected chi connectivity index (χ0v) is 10.3. The first-order valence-corrected chi connectivity index (χ1v) is 6.07. The zero-order chi connectivity index (χ0) is 11.8. The lowest BCUT2D eigenvalue weighted by atomic mass is 9.99. The van der Waals surface area contributed by atoms with E-state index in [0.29, 0.717) is 6.04 Å². The normalized spacial score (nSPS) is 18.6. The number of nitrogens with zero attached hydrogens (tertiary/aromatic N) is 2. The van der Waals surface area contributed by atoms with E-state index in [4.69, 9.17) is 0 Å². The number of fused-ring (bicyclic) bond motifs is 1. The minimum atomic E-state index is 0.478. The van der Waals surface area contributed by atoms with Crippen molar-refractivity contribution in [3.63, 3.8) is 0 Å². The molecule has 17 heavy (non-hydrogen) atoms. The van der Waals surface area contributed by atoms with E-state index in [0.717, 1.165) is 18.7 Å². The zero-order valence-electron chi connectivity index (χ0n) is 10.3. The van der Waals surface area contributed by atoms with Crippen molar-refractivity contribution in [2.75, 3.05) is 11.9 Å². The van der Waals surface area contributed by atoms with Gasteiger partial charge in [-0.15, -0.1) is 0 Å². The molecule has 1 aromatic heterocycles. The summed E-state index contributed by atoms with van der Waals surface area (Å²) in [7, 11) is 0. The summed E-state index contributed by atoms with van der Waals surface area (Å²) < 4.78 is 2.29. The first-order chi connectivity index (χ1) is 8.25. The van der Waals surface area contributed by atoms with Gasteiger partial charge in [0.25, 0.3) is 0 Å². The van der Waals surface area contributed by atoms with Crippen LogP contribution in [0, 0.1) is 13.8 Å². The second-order valence-corrected chi connectivity index (χ2v) is 4.72. The Kier molecular flexibility index (Phi) is 2.39. The average Bonchev–Trinajstić information content (AvgIpc) is 2.70. The van der Waals surface area contributed by atoms with Gasteiger partial charge in [0.15, 0.2) is 0 Å². The summed E-state index contributed by atoms with van der Waals surface area (Å²) in [5.74, 6) is 0.